The Kier molecular flexibility index (Phi) is 2.33. The number of hydrogen-bond acceptors (Lipinski definition) is 0. The maximum Gasteiger partial charge on any atom is 0.195 e. The average molecular weight is 195 g/mol. The van der Waals surface area contributed by atoms with E-state index in [2.05, 4.69) is 0 Å². The van der Waals surface area contributed by atoms with Gasteiger partial charge in [-0.3, -0.25) is 0 Å². The van der Waals surface area contributed by atoms with Gasteiger partial charge in [0, 0.05) is 11.1 Å². The molecule has 0 radical (unpaired) electrons. The molecule has 0 aliphatic heterocycles. The summed E-state index contributed by atoms with van der Waals surface area (Å²) >= 11 is 5.51. The van der Waals surface area contributed by atoms with Gasteiger partial charge in [-0.05, 0) is 13.8 Å². The molecule has 0 fully saturated rings. The minimum absolute atomic E-state index is 0.0620. The first-order chi connectivity index (χ1) is 5.46. The number of rotatable bonds is 0. The minimum atomic E-state index is -1.46. The van der Waals surface area contributed by atoms with Gasteiger partial charge in [-0.2, -0.15) is 0 Å². The molecule has 0 unspecified atom stereocenters. The topological polar surface area (TPSA) is 0 Å². The van der Waals surface area contributed by atoms with E-state index in [9.17, 15) is 13.2 Å². The largest absolute Gasteiger partial charge is 0.203 e. The molecule has 12 heavy (non-hydrogen) atoms. The summed E-state index contributed by atoms with van der Waals surface area (Å²) < 4.78 is 38.1. The van der Waals surface area contributed by atoms with Crippen molar-refractivity contribution >= 4 is 11.6 Å². The molecular formula is C8H6ClF3. The van der Waals surface area contributed by atoms with Gasteiger partial charge in [0.15, 0.2) is 17.5 Å². The van der Waals surface area contributed by atoms with E-state index in [1.54, 1.807) is 0 Å². The molecule has 0 bridgehead atoms. The van der Waals surface area contributed by atoms with Crippen LogP contribution in [0, 0.1) is 31.3 Å². The van der Waals surface area contributed by atoms with Crippen molar-refractivity contribution in [2.45, 2.75) is 13.8 Å². The molecular weight excluding hydrogens is 189 g/mol. The van der Waals surface area contributed by atoms with Crippen molar-refractivity contribution < 1.29 is 13.2 Å². The number of halogens is 4. The fourth-order valence-corrected chi connectivity index (χ4v) is 1.07. The van der Waals surface area contributed by atoms with Crippen LogP contribution in [0.4, 0.5) is 13.2 Å². The van der Waals surface area contributed by atoms with Crippen molar-refractivity contribution in [3.63, 3.8) is 0 Å². The van der Waals surface area contributed by atoms with Crippen LogP contribution >= 0.6 is 11.6 Å². The zero-order valence-corrected chi connectivity index (χ0v) is 7.27. The van der Waals surface area contributed by atoms with Crippen LogP contribution in [0.5, 0.6) is 0 Å². The van der Waals surface area contributed by atoms with Crippen LogP contribution in [0.25, 0.3) is 0 Å². The van der Waals surface area contributed by atoms with Crippen molar-refractivity contribution in [3.8, 4) is 0 Å². The Hall–Kier alpha value is -0.700. The lowest BCUT2D eigenvalue weighted by molar-refractivity contribution is 0.440. The lowest BCUT2D eigenvalue weighted by Crippen LogP contribution is -1.99. The smallest absolute Gasteiger partial charge is 0.195 e. The van der Waals surface area contributed by atoms with E-state index >= 15 is 0 Å². The Morgan fingerprint density at radius 3 is 1.50 bits per heavy atom. The molecule has 66 valence electrons. The first-order valence-electron chi connectivity index (χ1n) is 3.26. The summed E-state index contributed by atoms with van der Waals surface area (Å²) in [4.78, 5) is 0. The molecule has 0 N–H and O–H groups in total. The van der Waals surface area contributed by atoms with Crippen molar-refractivity contribution in [1.82, 2.24) is 0 Å². The molecule has 4 heteroatoms. The molecule has 0 atom stereocenters. The first kappa shape index (κ1) is 9.39. The third-order valence-electron chi connectivity index (χ3n) is 1.70. The summed E-state index contributed by atoms with van der Waals surface area (Å²) in [5.74, 6) is -3.90. The second-order valence-electron chi connectivity index (χ2n) is 2.51. The maximum absolute atomic E-state index is 12.7. The Morgan fingerprint density at radius 2 is 1.17 bits per heavy atom. The van der Waals surface area contributed by atoms with Gasteiger partial charge in [0.25, 0.3) is 0 Å². The van der Waals surface area contributed by atoms with Crippen LogP contribution in [-0.2, 0) is 0 Å². The van der Waals surface area contributed by atoms with Crippen molar-refractivity contribution in [3.05, 3.63) is 33.6 Å². The molecule has 0 aromatic heterocycles. The van der Waals surface area contributed by atoms with Crippen LogP contribution in [0.15, 0.2) is 0 Å². The molecule has 0 aliphatic rings. The van der Waals surface area contributed by atoms with E-state index in [-0.39, 0.29) is 16.1 Å². The Bertz CT molecular complexity index is 229. The lowest BCUT2D eigenvalue weighted by Gasteiger charge is -2.06. The third kappa shape index (κ3) is 1.18. The predicted molar refractivity (Wildman–Crippen MR) is 40.8 cm³/mol. The van der Waals surface area contributed by atoms with Crippen LogP contribution in [0.1, 0.15) is 11.1 Å². The fraction of sp³-hybridized carbons (Fsp3) is 0.250. The van der Waals surface area contributed by atoms with E-state index in [0.29, 0.717) is 0 Å². The minimum Gasteiger partial charge on any atom is -0.203 e. The molecule has 0 aliphatic carbocycles. The highest BCUT2D eigenvalue weighted by atomic mass is 35.5. The number of benzene rings is 1. The normalized spacial score (nSPS) is 10.5. The zero-order chi connectivity index (χ0) is 9.46. The molecule has 0 amide bonds. The Morgan fingerprint density at radius 1 is 0.833 bits per heavy atom. The zero-order valence-electron chi connectivity index (χ0n) is 6.51. The van der Waals surface area contributed by atoms with Crippen molar-refractivity contribution in [1.29, 1.82) is 0 Å². The highest BCUT2D eigenvalue weighted by Gasteiger charge is 2.18. The second-order valence-corrected chi connectivity index (χ2v) is 2.88. The summed E-state index contributed by atoms with van der Waals surface area (Å²) in [7, 11) is 0. The van der Waals surface area contributed by atoms with E-state index in [1.807, 2.05) is 0 Å². The SMILES string of the molecule is Cc1c(F)c(F)c(F)c(C)c1Cl. The van der Waals surface area contributed by atoms with Crippen LogP contribution in [0.3, 0.4) is 0 Å². The monoisotopic (exact) mass is 194 g/mol. The van der Waals surface area contributed by atoms with Crippen LogP contribution in [-0.4, -0.2) is 0 Å². The van der Waals surface area contributed by atoms with Crippen molar-refractivity contribution in [2.24, 2.45) is 0 Å². The number of hydrogen-bond donors (Lipinski definition) is 0. The van der Waals surface area contributed by atoms with E-state index in [1.165, 1.54) is 13.8 Å². The van der Waals surface area contributed by atoms with Gasteiger partial charge >= 0.3 is 0 Å². The summed E-state index contributed by atoms with van der Waals surface area (Å²) in [6.45, 7) is 2.60. The summed E-state index contributed by atoms with van der Waals surface area (Å²) in [5, 5.41) is -0.0635. The summed E-state index contributed by atoms with van der Waals surface area (Å²) in [5.41, 5.74) is -0.124. The second kappa shape index (κ2) is 2.98. The van der Waals surface area contributed by atoms with Gasteiger partial charge in [-0.25, -0.2) is 13.2 Å². The molecule has 1 rings (SSSR count). The predicted octanol–water partition coefficient (Wildman–Crippen LogP) is 3.37. The maximum atomic E-state index is 12.7. The summed E-state index contributed by atoms with van der Waals surface area (Å²) in [6.07, 6.45) is 0. The van der Waals surface area contributed by atoms with E-state index in [0.717, 1.165) is 0 Å². The fourth-order valence-electron chi connectivity index (χ4n) is 0.900. The molecule has 0 nitrogen and oxygen atoms in total. The van der Waals surface area contributed by atoms with Crippen LogP contribution < -0.4 is 0 Å². The first-order valence-corrected chi connectivity index (χ1v) is 3.63. The molecule has 1 aromatic carbocycles. The van der Waals surface area contributed by atoms with Gasteiger partial charge < -0.3 is 0 Å². The Labute approximate surface area is 73.0 Å². The highest BCUT2D eigenvalue weighted by Crippen LogP contribution is 2.27. The van der Waals surface area contributed by atoms with Crippen LogP contribution in [0.2, 0.25) is 5.02 Å². The lowest BCUT2D eigenvalue weighted by atomic mass is 10.1. The van der Waals surface area contributed by atoms with E-state index < -0.39 is 17.5 Å². The van der Waals surface area contributed by atoms with Gasteiger partial charge in [-0.15, -0.1) is 0 Å². The Balaban J connectivity index is 3.60. The van der Waals surface area contributed by atoms with Gasteiger partial charge in [-0.1, -0.05) is 11.6 Å². The molecule has 0 heterocycles. The van der Waals surface area contributed by atoms with Crippen molar-refractivity contribution in [2.75, 3.05) is 0 Å². The van der Waals surface area contributed by atoms with Gasteiger partial charge in [0.05, 0.1) is 5.02 Å². The molecule has 1 aromatic rings. The third-order valence-corrected chi connectivity index (χ3v) is 2.27. The highest BCUT2D eigenvalue weighted by molar-refractivity contribution is 6.32. The molecule has 0 saturated carbocycles. The average Bonchev–Trinajstić information content (AvgIpc) is 2.08. The standard InChI is InChI=1S/C8H6ClF3/c1-3-5(9)4(2)7(11)8(12)6(3)10/h1-2H3. The van der Waals surface area contributed by atoms with Gasteiger partial charge in [0.2, 0.25) is 0 Å². The van der Waals surface area contributed by atoms with E-state index in [4.69, 9.17) is 11.6 Å². The summed E-state index contributed by atoms with van der Waals surface area (Å²) in [6, 6.07) is 0. The van der Waals surface area contributed by atoms with Gasteiger partial charge in [0.1, 0.15) is 0 Å². The quantitative estimate of drug-likeness (QED) is 0.439. The molecule has 0 spiro atoms. The molecule has 0 saturated heterocycles.